The lowest BCUT2D eigenvalue weighted by Gasteiger charge is -2.05. The average molecular weight is 356 g/mol. The smallest absolute Gasteiger partial charge is 0.350 e. The highest BCUT2D eigenvalue weighted by molar-refractivity contribution is 7.21. The molecule has 0 fully saturated rings. The molecule has 3 aromatic rings. The zero-order valence-corrected chi connectivity index (χ0v) is 14.6. The molecular weight excluding hydrogens is 340 g/mol. The summed E-state index contributed by atoms with van der Waals surface area (Å²) in [5.41, 5.74) is 7.58. The Morgan fingerprint density at radius 3 is 2.80 bits per heavy atom. The third-order valence-electron chi connectivity index (χ3n) is 3.64. The van der Waals surface area contributed by atoms with E-state index in [2.05, 4.69) is 4.98 Å². The SMILES string of the molecule is COc1cccc(C(=O)COC(=O)c2sc3nc(C)ccc3c2N)c1. The molecular formula is C18H16N2O4S. The molecule has 1 aromatic carbocycles. The molecule has 2 heterocycles. The molecule has 2 N–H and O–H groups in total. The van der Waals surface area contributed by atoms with E-state index in [9.17, 15) is 9.59 Å². The van der Waals surface area contributed by atoms with Gasteiger partial charge in [0, 0.05) is 16.6 Å². The molecule has 128 valence electrons. The van der Waals surface area contributed by atoms with Crippen molar-refractivity contribution in [2.45, 2.75) is 6.92 Å². The first-order chi connectivity index (χ1) is 12.0. The number of ether oxygens (including phenoxy) is 2. The number of hydrogen-bond acceptors (Lipinski definition) is 7. The van der Waals surface area contributed by atoms with Gasteiger partial charge >= 0.3 is 5.97 Å². The molecule has 2 aromatic heterocycles. The maximum Gasteiger partial charge on any atom is 0.350 e. The highest BCUT2D eigenvalue weighted by Gasteiger charge is 2.20. The predicted octanol–water partition coefficient (Wildman–Crippen LogP) is 3.24. The third kappa shape index (κ3) is 3.46. The third-order valence-corrected chi connectivity index (χ3v) is 4.74. The minimum atomic E-state index is -0.630. The lowest BCUT2D eigenvalue weighted by molar-refractivity contribution is 0.0480. The summed E-state index contributed by atoms with van der Waals surface area (Å²) in [5, 5.41) is 0.710. The van der Waals surface area contributed by atoms with Gasteiger partial charge in [-0.15, -0.1) is 11.3 Å². The van der Waals surface area contributed by atoms with E-state index in [4.69, 9.17) is 15.2 Å². The van der Waals surface area contributed by atoms with Crippen molar-refractivity contribution < 1.29 is 19.1 Å². The number of fused-ring (bicyclic) bond motifs is 1. The van der Waals surface area contributed by atoms with Crippen molar-refractivity contribution in [3.63, 3.8) is 0 Å². The molecule has 0 spiro atoms. The van der Waals surface area contributed by atoms with E-state index in [1.54, 1.807) is 24.3 Å². The summed E-state index contributed by atoms with van der Waals surface area (Å²) < 4.78 is 10.2. The van der Waals surface area contributed by atoms with Gasteiger partial charge in [-0.1, -0.05) is 12.1 Å². The monoisotopic (exact) mass is 356 g/mol. The summed E-state index contributed by atoms with van der Waals surface area (Å²) in [4.78, 5) is 29.7. The Bertz CT molecular complexity index is 965. The van der Waals surface area contributed by atoms with Crippen molar-refractivity contribution in [1.29, 1.82) is 0 Å². The Kier molecular flexibility index (Phi) is 4.67. The minimum absolute atomic E-state index is 0.256. The number of hydrogen-bond donors (Lipinski definition) is 1. The number of pyridine rings is 1. The van der Waals surface area contributed by atoms with Crippen molar-refractivity contribution in [3.8, 4) is 5.75 Å². The van der Waals surface area contributed by atoms with Crippen LogP contribution in [0, 0.1) is 6.92 Å². The van der Waals surface area contributed by atoms with E-state index in [0.29, 0.717) is 27.2 Å². The summed E-state index contributed by atoms with van der Waals surface area (Å²) in [6.45, 7) is 1.49. The molecule has 0 unspecified atom stereocenters. The number of aromatic nitrogens is 1. The molecule has 0 bridgehead atoms. The number of Topliss-reactive ketones (excluding diaryl/α,β-unsaturated/α-hetero) is 1. The van der Waals surface area contributed by atoms with Crippen LogP contribution in [0.25, 0.3) is 10.2 Å². The van der Waals surface area contributed by atoms with E-state index in [0.717, 1.165) is 17.0 Å². The van der Waals surface area contributed by atoms with E-state index in [1.807, 2.05) is 19.1 Å². The van der Waals surface area contributed by atoms with Crippen LogP contribution in [0.2, 0.25) is 0 Å². The normalized spacial score (nSPS) is 10.6. The Morgan fingerprint density at radius 2 is 2.04 bits per heavy atom. The largest absolute Gasteiger partial charge is 0.497 e. The molecule has 0 radical (unpaired) electrons. The number of methoxy groups -OCH3 is 1. The van der Waals surface area contributed by atoms with Crippen LogP contribution < -0.4 is 10.5 Å². The number of nitrogens with zero attached hydrogens (tertiary/aromatic N) is 1. The van der Waals surface area contributed by atoms with E-state index in [-0.39, 0.29) is 17.3 Å². The van der Waals surface area contributed by atoms with Gasteiger partial charge in [0.05, 0.1) is 12.8 Å². The van der Waals surface area contributed by atoms with Gasteiger partial charge < -0.3 is 15.2 Å². The number of benzene rings is 1. The molecule has 0 aliphatic carbocycles. The van der Waals surface area contributed by atoms with Crippen molar-refractivity contribution in [2.24, 2.45) is 0 Å². The lowest BCUT2D eigenvalue weighted by Crippen LogP contribution is -2.14. The van der Waals surface area contributed by atoms with E-state index in [1.165, 1.54) is 7.11 Å². The lowest BCUT2D eigenvalue weighted by atomic mass is 10.1. The second-order valence-corrected chi connectivity index (χ2v) is 6.38. The minimum Gasteiger partial charge on any atom is -0.497 e. The topological polar surface area (TPSA) is 91.5 Å². The van der Waals surface area contributed by atoms with Crippen LogP contribution in [-0.2, 0) is 4.74 Å². The number of anilines is 1. The summed E-state index contributed by atoms with van der Waals surface area (Å²) >= 11 is 1.16. The molecule has 0 saturated carbocycles. The summed E-state index contributed by atoms with van der Waals surface area (Å²) in [5.74, 6) is -0.386. The maximum absolute atomic E-state index is 12.3. The zero-order chi connectivity index (χ0) is 18.0. The van der Waals surface area contributed by atoms with E-state index < -0.39 is 5.97 Å². The standard InChI is InChI=1S/C18H16N2O4S/c1-10-6-7-13-15(19)16(25-17(13)20-10)18(22)24-9-14(21)11-4-3-5-12(8-11)23-2/h3-8H,9,19H2,1-2H3. The summed E-state index contributed by atoms with van der Waals surface area (Å²) in [6, 6.07) is 10.3. The van der Waals surface area contributed by atoms with Crippen molar-refractivity contribution in [3.05, 3.63) is 52.5 Å². The number of thiophene rings is 1. The molecule has 0 atom stereocenters. The highest BCUT2D eigenvalue weighted by atomic mass is 32.1. The van der Waals surface area contributed by atoms with Gasteiger partial charge in [-0.05, 0) is 31.2 Å². The van der Waals surface area contributed by atoms with Crippen LogP contribution in [0.15, 0.2) is 36.4 Å². The number of nitrogens with two attached hydrogens (primary N) is 1. The number of nitrogen functional groups attached to an aromatic ring is 1. The Morgan fingerprint density at radius 1 is 1.24 bits per heavy atom. The number of aryl methyl sites for hydroxylation is 1. The van der Waals surface area contributed by atoms with Crippen LogP contribution in [0.4, 0.5) is 5.69 Å². The first kappa shape index (κ1) is 16.9. The Balaban J connectivity index is 1.74. The Hall–Kier alpha value is -2.93. The second-order valence-electron chi connectivity index (χ2n) is 5.38. The molecule has 0 amide bonds. The molecule has 0 aliphatic heterocycles. The van der Waals surface area contributed by atoms with Crippen LogP contribution in [0.3, 0.4) is 0 Å². The fraction of sp³-hybridized carbons (Fsp3) is 0.167. The first-order valence-electron chi connectivity index (χ1n) is 7.49. The number of rotatable bonds is 5. The van der Waals surface area contributed by atoms with Crippen molar-refractivity contribution in [2.75, 3.05) is 19.5 Å². The second kappa shape index (κ2) is 6.90. The molecule has 7 heteroatoms. The van der Waals surface area contributed by atoms with Crippen molar-refractivity contribution in [1.82, 2.24) is 4.98 Å². The van der Waals surface area contributed by atoms with Gasteiger partial charge in [-0.3, -0.25) is 4.79 Å². The van der Waals surface area contributed by atoms with Crippen LogP contribution in [-0.4, -0.2) is 30.5 Å². The fourth-order valence-corrected chi connectivity index (χ4v) is 3.35. The molecule has 6 nitrogen and oxygen atoms in total. The average Bonchev–Trinajstić information content (AvgIpc) is 2.95. The molecule has 3 rings (SSSR count). The van der Waals surface area contributed by atoms with Gasteiger partial charge in [0.25, 0.3) is 0 Å². The number of ketones is 1. The summed E-state index contributed by atoms with van der Waals surface area (Å²) in [7, 11) is 1.52. The van der Waals surface area contributed by atoms with Crippen LogP contribution in [0.5, 0.6) is 5.75 Å². The fourth-order valence-electron chi connectivity index (χ4n) is 2.32. The van der Waals surface area contributed by atoms with Gasteiger partial charge in [0.2, 0.25) is 0 Å². The van der Waals surface area contributed by atoms with Gasteiger partial charge in [-0.25, -0.2) is 9.78 Å². The molecule has 25 heavy (non-hydrogen) atoms. The van der Waals surface area contributed by atoms with Gasteiger partial charge in [0.15, 0.2) is 12.4 Å². The number of esters is 1. The van der Waals surface area contributed by atoms with Gasteiger partial charge in [-0.2, -0.15) is 0 Å². The first-order valence-corrected chi connectivity index (χ1v) is 8.31. The van der Waals surface area contributed by atoms with Crippen molar-refractivity contribution >= 4 is 39.0 Å². The predicted molar refractivity (Wildman–Crippen MR) is 96.4 cm³/mol. The molecule has 0 saturated heterocycles. The summed E-state index contributed by atoms with van der Waals surface area (Å²) in [6.07, 6.45) is 0. The van der Waals surface area contributed by atoms with E-state index >= 15 is 0 Å². The highest BCUT2D eigenvalue weighted by Crippen LogP contribution is 2.33. The zero-order valence-electron chi connectivity index (χ0n) is 13.7. The number of carbonyl (C=O) groups is 2. The van der Waals surface area contributed by atoms with Gasteiger partial charge in [0.1, 0.15) is 15.5 Å². The number of carbonyl (C=O) groups excluding carboxylic acids is 2. The quantitative estimate of drug-likeness (QED) is 0.557. The van der Waals surface area contributed by atoms with Crippen LogP contribution in [0.1, 0.15) is 25.7 Å². The van der Waals surface area contributed by atoms with Crippen LogP contribution >= 0.6 is 11.3 Å². The Labute approximate surface area is 148 Å². The maximum atomic E-state index is 12.3. The molecule has 0 aliphatic rings.